The maximum absolute atomic E-state index is 13.1. The molecule has 0 spiro atoms. The summed E-state index contributed by atoms with van der Waals surface area (Å²) in [5.74, 6) is -2.45. The van der Waals surface area contributed by atoms with Crippen LogP contribution in [0.5, 0.6) is 0 Å². The molecule has 1 heterocycles. The second-order valence-corrected chi connectivity index (χ2v) is 5.89. The molecule has 1 aromatic carbocycles. The zero-order chi connectivity index (χ0) is 18.2. The summed E-state index contributed by atoms with van der Waals surface area (Å²) < 4.78 is 31.3. The molecule has 138 valence electrons. The first kappa shape index (κ1) is 19.3. The number of nitrogens with one attached hydrogen (secondary N) is 1. The van der Waals surface area contributed by atoms with Crippen LogP contribution in [0.2, 0.25) is 0 Å². The van der Waals surface area contributed by atoms with E-state index in [2.05, 4.69) is 10.2 Å². The Morgan fingerprint density at radius 1 is 1.20 bits per heavy atom. The van der Waals surface area contributed by atoms with Crippen molar-refractivity contribution in [1.82, 2.24) is 9.80 Å². The Kier molecular flexibility index (Phi) is 7.27. The summed E-state index contributed by atoms with van der Waals surface area (Å²) in [5, 5.41) is 2.50. The lowest BCUT2D eigenvalue weighted by Gasteiger charge is -2.29. The minimum absolute atomic E-state index is 0.0850. The quantitative estimate of drug-likeness (QED) is 0.805. The Hall–Kier alpha value is -2.06. The monoisotopic (exact) mass is 355 g/mol. The van der Waals surface area contributed by atoms with Gasteiger partial charge in [0.2, 0.25) is 11.8 Å². The van der Waals surface area contributed by atoms with Gasteiger partial charge in [-0.3, -0.25) is 14.5 Å². The van der Waals surface area contributed by atoms with E-state index in [0.29, 0.717) is 19.8 Å². The molecule has 1 fully saturated rings. The number of ether oxygens (including phenoxy) is 1. The second kappa shape index (κ2) is 9.43. The number of anilines is 1. The Morgan fingerprint density at radius 2 is 1.92 bits per heavy atom. The molecule has 1 aliphatic heterocycles. The topological polar surface area (TPSA) is 61.9 Å². The van der Waals surface area contributed by atoms with E-state index in [-0.39, 0.29) is 30.5 Å². The number of halogens is 2. The second-order valence-electron chi connectivity index (χ2n) is 5.89. The molecule has 1 aromatic rings. The average Bonchev–Trinajstić information content (AvgIpc) is 2.58. The van der Waals surface area contributed by atoms with E-state index < -0.39 is 11.6 Å². The van der Waals surface area contributed by atoms with Gasteiger partial charge in [-0.2, -0.15) is 0 Å². The molecule has 0 bridgehead atoms. The van der Waals surface area contributed by atoms with Crippen molar-refractivity contribution in [2.24, 2.45) is 0 Å². The van der Waals surface area contributed by atoms with Gasteiger partial charge in [0.05, 0.1) is 13.2 Å². The van der Waals surface area contributed by atoms with Gasteiger partial charge >= 0.3 is 0 Å². The molecule has 0 atom stereocenters. The molecule has 1 saturated heterocycles. The zero-order valence-electron chi connectivity index (χ0n) is 14.3. The predicted octanol–water partition coefficient (Wildman–Crippen LogP) is 1.47. The van der Waals surface area contributed by atoms with Crippen LogP contribution < -0.4 is 5.32 Å². The Morgan fingerprint density at radius 3 is 2.56 bits per heavy atom. The average molecular weight is 355 g/mol. The molecule has 0 aromatic heterocycles. The number of rotatable bonds is 7. The highest BCUT2D eigenvalue weighted by atomic mass is 19.2. The third kappa shape index (κ3) is 6.39. The predicted molar refractivity (Wildman–Crippen MR) is 89.1 cm³/mol. The molecule has 6 nitrogen and oxygen atoms in total. The first-order valence-electron chi connectivity index (χ1n) is 8.26. The third-order valence-corrected chi connectivity index (χ3v) is 4.05. The van der Waals surface area contributed by atoms with E-state index in [1.165, 1.54) is 13.0 Å². The van der Waals surface area contributed by atoms with E-state index in [4.69, 9.17) is 4.74 Å². The lowest BCUT2D eigenvalue weighted by atomic mass is 10.2. The summed E-state index contributed by atoms with van der Waals surface area (Å²) in [7, 11) is 0. The molecule has 2 amide bonds. The van der Waals surface area contributed by atoms with E-state index in [1.54, 1.807) is 4.90 Å². The maximum Gasteiger partial charge on any atom is 0.226 e. The molecule has 0 radical (unpaired) electrons. The number of hydrogen-bond acceptors (Lipinski definition) is 4. The Labute approximate surface area is 145 Å². The molecular weight excluding hydrogens is 332 g/mol. The van der Waals surface area contributed by atoms with Crippen LogP contribution in [0.15, 0.2) is 18.2 Å². The van der Waals surface area contributed by atoms with Crippen LogP contribution in [0, 0.1) is 11.6 Å². The zero-order valence-corrected chi connectivity index (χ0v) is 14.3. The summed E-state index contributed by atoms with van der Waals surface area (Å²) in [6.07, 6.45) is 0.0850. The lowest BCUT2D eigenvalue weighted by Crippen LogP contribution is -2.43. The van der Waals surface area contributed by atoms with Crippen molar-refractivity contribution in [2.45, 2.75) is 13.3 Å². The fraction of sp³-hybridized carbons (Fsp3) is 0.529. The van der Waals surface area contributed by atoms with Crippen molar-refractivity contribution in [3.63, 3.8) is 0 Å². The highest BCUT2D eigenvalue weighted by Crippen LogP contribution is 2.13. The van der Waals surface area contributed by atoms with Crippen LogP contribution in [0.4, 0.5) is 14.5 Å². The summed E-state index contributed by atoms with van der Waals surface area (Å²) >= 11 is 0. The van der Waals surface area contributed by atoms with Crippen LogP contribution in [-0.4, -0.2) is 67.6 Å². The van der Waals surface area contributed by atoms with Crippen LogP contribution >= 0.6 is 0 Å². The number of benzene rings is 1. The standard InChI is InChI=1S/C17H23F2N3O3/c1-13(23)22(7-6-21-8-10-25-11-9-21)5-4-17(24)20-14-2-3-15(18)16(19)12-14/h2-3,12H,4-11H2,1H3,(H,20,24). The van der Waals surface area contributed by atoms with E-state index >= 15 is 0 Å². The summed E-state index contributed by atoms with van der Waals surface area (Å²) in [4.78, 5) is 27.5. The fourth-order valence-electron chi connectivity index (χ4n) is 2.55. The van der Waals surface area contributed by atoms with Crippen molar-refractivity contribution in [1.29, 1.82) is 0 Å². The number of hydrogen-bond donors (Lipinski definition) is 1. The molecule has 1 aliphatic rings. The summed E-state index contributed by atoms with van der Waals surface area (Å²) in [6.45, 7) is 6.06. The first-order chi connectivity index (χ1) is 12.0. The van der Waals surface area contributed by atoms with E-state index in [1.807, 2.05) is 0 Å². The van der Waals surface area contributed by atoms with Crippen molar-refractivity contribution in [3.8, 4) is 0 Å². The third-order valence-electron chi connectivity index (χ3n) is 4.05. The molecule has 0 unspecified atom stereocenters. The van der Waals surface area contributed by atoms with Crippen molar-refractivity contribution >= 4 is 17.5 Å². The van der Waals surface area contributed by atoms with Gasteiger partial charge in [0.15, 0.2) is 11.6 Å². The van der Waals surface area contributed by atoms with Gasteiger partial charge in [-0.25, -0.2) is 8.78 Å². The van der Waals surface area contributed by atoms with Crippen LogP contribution in [0.25, 0.3) is 0 Å². The number of amides is 2. The molecule has 0 saturated carbocycles. The molecule has 2 rings (SSSR count). The smallest absolute Gasteiger partial charge is 0.226 e. The van der Waals surface area contributed by atoms with Gasteiger partial charge in [0.1, 0.15) is 0 Å². The molecule has 0 aliphatic carbocycles. The van der Waals surface area contributed by atoms with Gasteiger partial charge in [-0.1, -0.05) is 0 Å². The molecule has 8 heteroatoms. The Bertz CT molecular complexity index is 607. The van der Waals surface area contributed by atoms with Gasteiger partial charge in [0.25, 0.3) is 0 Å². The fourth-order valence-corrected chi connectivity index (χ4v) is 2.55. The lowest BCUT2D eigenvalue weighted by molar-refractivity contribution is -0.129. The van der Waals surface area contributed by atoms with Crippen molar-refractivity contribution < 1.29 is 23.1 Å². The molecule has 25 heavy (non-hydrogen) atoms. The largest absolute Gasteiger partial charge is 0.379 e. The van der Waals surface area contributed by atoms with Crippen LogP contribution in [0.1, 0.15) is 13.3 Å². The highest BCUT2D eigenvalue weighted by molar-refractivity contribution is 5.91. The van der Waals surface area contributed by atoms with Gasteiger partial charge < -0.3 is 15.0 Å². The summed E-state index contributed by atoms with van der Waals surface area (Å²) in [5.41, 5.74) is 0.187. The first-order valence-corrected chi connectivity index (χ1v) is 8.26. The minimum atomic E-state index is -1.02. The number of nitrogens with zero attached hydrogens (tertiary/aromatic N) is 2. The molecular formula is C17H23F2N3O3. The number of carbonyl (C=O) groups excluding carboxylic acids is 2. The molecule has 1 N–H and O–H groups in total. The van der Waals surface area contributed by atoms with Gasteiger partial charge in [0, 0.05) is 57.8 Å². The van der Waals surface area contributed by atoms with E-state index in [0.717, 1.165) is 31.8 Å². The van der Waals surface area contributed by atoms with Crippen LogP contribution in [-0.2, 0) is 14.3 Å². The highest BCUT2D eigenvalue weighted by Gasteiger charge is 2.15. The number of morpholine rings is 1. The van der Waals surface area contributed by atoms with E-state index in [9.17, 15) is 18.4 Å². The van der Waals surface area contributed by atoms with Crippen molar-refractivity contribution in [3.05, 3.63) is 29.8 Å². The maximum atomic E-state index is 13.1. The summed E-state index contributed by atoms with van der Waals surface area (Å²) in [6, 6.07) is 3.17. The van der Waals surface area contributed by atoms with Gasteiger partial charge in [-0.05, 0) is 12.1 Å². The van der Waals surface area contributed by atoms with Crippen LogP contribution in [0.3, 0.4) is 0 Å². The van der Waals surface area contributed by atoms with Gasteiger partial charge in [-0.15, -0.1) is 0 Å². The number of carbonyl (C=O) groups is 2. The Balaban J connectivity index is 1.77. The normalized spacial score (nSPS) is 15.0. The minimum Gasteiger partial charge on any atom is -0.379 e. The SMILES string of the molecule is CC(=O)N(CCC(=O)Nc1ccc(F)c(F)c1)CCN1CCOCC1. The van der Waals surface area contributed by atoms with Crippen molar-refractivity contribution in [2.75, 3.05) is 51.3 Å².